The molecule has 0 aliphatic heterocycles. The zero-order valence-corrected chi connectivity index (χ0v) is 8.80. The number of nitrogens with zero attached hydrogens (tertiary/aromatic N) is 3. The number of hydrogen-bond acceptors (Lipinski definition) is 5. The Labute approximate surface area is 92.9 Å². The topological polar surface area (TPSA) is 80.5 Å². The first-order chi connectivity index (χ1) is 6.66. The van der Waals surface area contributed by atoms with Gasteiger partial charge in [0.25, 0.3) is 0 Å². The normalized spacial score (nSPS) is 10.6. The third kappa shape index (κ3) is 2.38. The molecule has 2 aromatic heterocycles. The molecule has 0 radical (unpaired) electrons. The molecule has 2 heterocycles. The summed E-state index contributed by atoms with van der Waals surface area (Å²) in [6.45, 7) is 4.20. The van der Waals surface area contributed by atoms with Crippen molar-refractivity contribution in [2.24, 2.45) is 0 Å². The molecule has 0 atom stereocenters. The Morgan fingerprint density at radius 1 is 1.40 bits per heavy atom. The van der Waals surface area contributed by atoms with Gasteiger partial charge in [0.05, 0.1) is 6.33 Å². The summed E-state index contributed by atoms with van der Waals surface area (Å²) in [6, 6.07) is 0. The van der Waals surface area contributed by atoms with Crippen molar-refractivity contribution in [1.29, 1.82) is 0 Å². The van der Waals surface area contributed by atoms with Crippen molar-refractivity contribution in [3.8, 4) is 0 Å². The third-order valence-corrected chi connectivity index (χ3v) is 2.61. The maximum Gasteiger partial charge on any atom is 0.223 e. The van der Waals surface area contributed by atoms with Crippen LogP contribution in [0.25, 0.3) is 11.2 Å². The van der Waals surface area contributed by atoms with Crippen molar-refractivity contribution in [2.75, 3.05) is 5.73 Å². The molecule has 0 fully saturated rings. The Hall–Kier alpha value is -1.30. The summed E-state index contributed by atoms with van der Waals surface area (Å²) in [7, 11) is 0. The van der Waals surface area contributed by atoms with Crippen LogP contribution in [0.3, 0.4) is 0 Å². The molecule has 5 nitrogen and oxygen atoms in total. The van der Waals surface area contributed by atoms with Crippen LogP contribution in [0.4, 0.5) is 5.95 Å². The van der Waals surface area contributed by atoms with E-state index in [4.69, 9.17) is 5.73 Å². The van der Waals surface area contributed by atoms with Crippen molar-refractivity contribution in [3.05, 3.63) is 6.33 Å². The van der Waals surface area contributed by atoms with E-state index in [0.717, 1.165) is 10.5 Å². The fourth-order valence-corrected chi connectivity index (χ4v) is 1.99. The molecule has 0 spiro atoms. The number of rotatable bonds is 2. The van der Waals surface area contributed by atoms with Crippen molar-refractivity contribution in [3.63, 3.8) is 0 Å². The lowest BCUT2D eigenvalue weighted by molar-refractivity contribution is 1.06. The molecule has 0 amide bonds. The van der Waals surface area contributed by atoms with Gasteiger partial charge in [0, 0.05) is 5.25 Å². The summed E-state index contributed by atoms with van der Waals surface area (Å²) >= 11 is 1.64. The zero-order chi connectivity index (χ0) is 10.1. The molecule has 0 saturated carbocycles. The number of nitrogens with one attached hydrogen (secondary N) is 1. The largest absolute Gasteiger partial charge is 0.368 e. The molecular weight excluding hydrogens is 210 g/mol. The van der Waals surface area contributed by atoms with Crippen LogP contribution in [-0.2, 0) is 0 Å². The molecule has 15 heavy (non-hydrogen) atoms. The van der Waals surface area contributed by atoms with Crippen LogP contribution >= 0.6 is 11.8 Å². The van der Waals surface area contributed by atoms with Crippen LogP contribution in [-0.4, -0.2) is 25.2 Å². The molecule has 3 N–H and O–H groups in total. The number of imidazole rings is 1. The summed E-state index contributed by atoms with van der Waals surface area (Å²) in [5, 5.41) is 1.32. The first-order valence-electron chi connectivity index (χ1n) is 4.30. The summed E-state index contributed by atoms with van der Waals surface area (Å²) in [6.07, 6.45) is 1.60. The number of H-pyrrole nitrogens is 1. The molecule has 0 saturated heterocycles. The molecule has 6 heteroatoms. The van der Waals surface area contributed by atoms with Crippen molar-refractivity contribution in [2.45, 2.75) is 31.6 Å². The minimum absolute atomic E-state index is 0. The summed E-state index contributed by atoms with van der Waals surface area (Å²) in [4.78, 5) is 15.2. The smallest absolute Gasteiger partial charge is 0.223 e. The van der Waals surface area contributed by atoms with Gasteiger partial charge in [0.2, 0.25) is 5.95 Å². The Morgan fingerprint density at radius 3 is 2.80 bits per heavy atom. The average molecular weight is 225 g/mol. The number of fused-ring (bicyclic) bond motifs is 1. The van der Waals surface area contributed by atoms with Gasteiger partial charge < -0.3 is 10.7 Å². The second-order valence-electron chi connectivity index (χ2n) is 3.15. The summed E-state index contributed by atoms with van der Waals surface area (Å²) in [5.74, 6) is 0.271. The van der Waals surface area contributed by atoms with Gasteiger partial charge in [-0.15, -0.1) is 11.8 Å². The lowest BCUT2D eigenvalue weighted by Gasteiger charge is -2.04. The number of aromatic amines is 1. The number of aromatic nitrogens is 4. The maximum absolute atomic E-state index is 5.57. The molecule has 0 unspecified atom stereocenters. The van der Waals surface area contributed by atoms with E-state index in [-0.39, 0.29) is 13.4 Å². The van der Waals surface area contributed by atoms with Crippen molar-refractivity contribution in [1.82, 2.24) is 19.9 Å². The van der Waals surface area contributed by atoms with E-state index in [2.05, 4.69) is 33.8 Å². The lowest BCUT2D eigenvalue weighted by atomic mass is 10.5. The molecule has 82 valence electrons. The summed E-state index contributed by atoms with van der Waals surface area (Å²) < 4.78 is 0. The molecule has 0 aromatic carbocycles. The predicted molar refractivity (Wildman–Crippen MR) is 63.8 cm³/mol. The SMILES string of the molecule is C.CC(C)Sc1nc(N)nc2nc[nH]c12. The highest BCUT2D eigenvalue weighted by molar-refractivity contribution is 8.00. The predicted octanol–water partition coefficient (Wildman–Crippen LogP) is 2.07. The highest BCUT2D eigenvalue weighted by atomic mass is 32.2. The van der Waals surface area contributed by atoms with Gasteiger partial charge in [-0.05, 0) is 0 Å². The van der Waals surface area contributed by atoms with Crippen LogP contribution in [0.15, 0.2) is 11.4 Å². The number of anilines is 1. The van der Waals surface area contributed by atoms with E-state index < -0.39 is 0 Å². The molecule has 0 bridgehead atoms. The zero-order valence-electron chi connectivity index (χ0n) is 7.98. The van der Waals surface area contributed by atoms with E-state index in [9.17, 15) is 0 Å². The second-order valence-corrected chi connectivity index (χ2v) is 4.72. The van der Waals surface area contributed by atoms with Gasteiger partial charge >= 0.3 is 0 Å². The Balaban J connectivity index is 0.00000112. The summed E-state index contributed by atoms with van der Waals surface area (Å²) in [5.41, 5.74) is 7.05. The van der Waals surface area contributed by atoms with E-state index in [1.165, 1.54) is 0 Å². The molecule has 0 aliphatic carbocycles. The molecule has 2 aromatic rings. The molecule has 0 aliphatic rings. The van der Waals surface area contributed by atoms with E-state index in [1.54, 1.807) is 18.1 Å². The van der Waals surface area contributed by atoms with Crippen LogP contribution < -0.4 is 5.73 Å². The Kier molecular flexibility index (Phi) is 3.52. The van der Waals surface area contributed by atoms with Gasteiger partial charge in [0.15, 0.2) is 5.65 Å². The van der Waals surface area contributed by atoms with Gasteiger partial charge in [-0.1, -0.05) is 21.3 Å². The third-order valence-electron chi connectivity index (χ3n) is 1.62. The van der Waals surface area contributed by atoms with Gasteiger partial charge in [0.1, 0.15) is 10.5 Å². The van der Waals surface area contributed by atoms with Crippen LogP contribution in [0.2, 0.25) is 0 Å². The van der Waals surface area contributed by atoms with E-state index >= 15 is 0 Å². The number of thioether (sulfide) groups is 1. The fraction of sp³-hybridized carbons (Fsp3) is 0.444. The van der Waals surface area contributed by atoms with Gasteiger partial charge in [-0.3, -0.25) is 0 Å². The average Bonchev–Trinajstić information content (AvgIpc) is 2.50. The van der Waals surface area contributed by atoms with E-state index in [0.29, 0.717) is 10.9 Å². The van der Waals surface area contributed by atoms with E-state index in [1.807, 2.05) is 0 Å². The number of hydrogen-bond donors (Lipinski definition) is 2. The van der Waals surface area contributed by atoms with Gasteiger partial charge in [-0.25, -0.2) is 9.97 Å². The quantitative estimate of drug-likeness (QED) is 0.604. The highest BCUT2D eigenvalue weighted by Crippen LogP contribution is 2.26. The van der Waals surface area contributed by atoms with Crippen LogP contribution in [0.1, 0.15) is 21.3 Å². The van der Waals surface area contributed by atoms with Crippen LogP contribution in [0.5, 0.6) is 0 Å². The maximum atomic E-state index is 5.57. The Morgan fingerprint density at radius 2 is 2.13 bits per heavy atom. The Bertz CT molecular complexity index is 451. The minimum Gasteiger partial charge on any atom is -0.368 e. The van der Waals surface area contributed by atoms with Crippen molar-refractivity contribution < 1.29 is 0 Å². The van der Waals surface area contributed by atoms with Crippen molar-refractivity contribution >= 4 is 28.9 Å². The molecule has 2 rings (SSSR count). The van der Waals surface area contributed by atoms with Gasteiger partial charge in [-0.2, -0.15) is 4.98 Å². The standard InChI is InChI=1S/C8H11N5S.CH4/c1-4(2)14-7-5-6(11-3-10-5)12-8(9)13-7;/h3-4H,1-2H3,(H3,9,10,11,12,13);1H4. The molecular formula is C9H15N5S. The highest BCUT2D eigenvalue weighted by Gasteiger charge is 2.09. The second kappa shape index (κ2) is 4.48. The number of nitrogen functional groups attached to an aromatic ring is 1. The minimum atomic E-state index is 0. The fourth-order valence-electron chi connectivity index (χ4n) is 1.13. The first kappa shape index (κ1) is 11.8. The first-order valence-corrected chi connectivity index (χ1v) is 5.18. The number of nitrogens with two attached hydrogens (primary N) is 1. The lowest BCUT2D eigenvalue weighted by Crippen LogP contribution is -1.98. The monoisotopic (exact) mass is 225 g/mol. The van der Waals surface area contributed by atoms with Crippen LogP contribution in [0, 0.1) is 0 Å².